The molecule has 1 aromatic carbocycles. The van der Waals surface area contributed by atoms with Crippen molar-refractivity contribution in [2.24, 2.45) is 23.5 Å². The van der Waals surface area contributed by atoms with E-state index in [1.807, 2.05) is 0 Å². The molecule has 42 heavy (non-hydrogen) atoms. The Morgan fingerprint density at radius 2 is 1.81 bits per heavy atom. The molecule has 2 amide bonds. The van der Waals surface area contributed by atoms with Crippen molar-refractivity contribution in [1.29, 1.82) is 0 Å². The van der Waals surface area contributed by atoms with E-state index in [-0.39, 0.29) is 17.8 Å². The number of carbonyl (C=O) groups is 4. The molecule has 13 heteroatoms. The van der Waals surface area contributed by atoms with E-state index in [0.717, 1.165) is 12.8 Å². The zero-order chi connectivity index (χ0) is 30.8. The van der Waals surface area contributed by atoms with Crippen LogP contribution in [0.3, 0.4) is 0 Å². The van der Waals surface area contributed by atoms with Crippen LogP contribution in [-0.2, 0) is 19.2 Å². The number of aliphatic hydroxyl groups excluding tert-OH is 3. The third kappa shape index (κ3) is 4.22. The molecule has 0 aromatic heterocycles. The number of hydrogen-bond donors (Lipinski definition) is 8. The largest absolute Gasteiger partial charge is 0.508 e. The molecule has 5 unspecified atom stereocenters. The van der Waals surface area contributed by atoms with E-state index < -0.39 is 87.3 Å². The van der Waals surface area contributed by atoms with E-state index >= 15 is 0 Å². The van der Waals surface area contributed by atoms with Gasteiger partial charge in [-0.25, -0.2) is 0 Å². The minimum atomic E-state index is -2.99. The maximum absolute atomic E-state index is 14.0. The third-order valence-electron chi connectivity index (χ3n) is 9.35. The number of phenols is 1. The molecule has 6 atom stereocenters. The number of hydrogen-bond acceptors (Lipinski definition) is 11. The molecular formula is C29H36N4O9. The first-order valence-corrected chi connectivity index (χ1v) is 13.9. The van der Waals surface area contributed by atoms with Crippen LogP contribution < -0.4 is 16.4 Å². The Hall–Kier alpha value is -3.78. The van der Waals surface area contributed by atoms with Gasteiger partial charge in [0.05, 0.1) is 35.9 Å². The molecule has 0 aliphatic heterocycles. The molecule has 226 valence electrons. The number of nitrogens with one attached hydrogen (secondary N) is 2. The summed E-state index contributed by atoms with van der Waals surface area (Å²) < 4.78 is 0. The molecule has 0 spiro atoms. The van der Waals surface area contributed by atoms with E-state index in [2.05, 4.69) is 10.6 Å². The van der Waals surface area contributed by atoms with Gasteiger partial charge in [0, 0.05) is 11.5 Å². The van der Waals surface area contributed by atoms with E-state index in [4.69, 9.17) is 5.73 Å². The molecular weight excluding hydrogens is 548 g/mol. The topological polar surface area (TPSA) is 223 Å². The number of aromatic hydroxyl groups is 1. The van der Waals surface area contributed by atoms with Gasteiger partial charge in [0.1, 0.15) is 22.8 Å². The monoisotopic (exact) mass is 584 g/mol. The lowest BCUT2D eigenvalue weighted by molar-refractivity contribution is -0.169. The lowest BCUT2D eigenvalue weighted by Gasteiger charge is -2.53. The first kappa shape index (κ1) is 29.7. The summed E-state index contributed by atoms with van der Waals surface area (Å²) >= 11 is 0. The quantitative estimate of drug-likeness (QED) is 0.155. The number of fused-ring (bicyclic) bond motifs is 3. The van der Waals surface area contributed by atoms with Crippen LogP contribution in [0.1, 0.15) is 43.2 Å². The molecule has 0 bridgehead atoms. The fourth-order valence-electron chi connectivity index (χ4n) is 7.00. The summed E-state index contributed by atoms with van der Waals surface area (Å²) in [4.78, 5) is 53.3. The molecule has 1 aromatic rings. The summed E-state index contributed by atoms with van der Waals surface area (Å²) in [7, 11) is 2.89. The number of ketones is 2. The van der Waals surface area contributed by atoms with Crippen molar-refractivity contribution in [3.05, 3.63) is 40.2 Å². The van der Waals surface area contributed by atoms with Crippen LogP contribution in [-0.4, -0.2) is 98.7 Å². The Kier molecular flexibility index (Phi) is 7.42. The first-order valence-electron chi connectivity index (χ1n) is 13.9. The second-order valence-electron chi connectivity index (χ2n) is 12.0. The lowest BCUT2D eigenvalue weighted by atomic mass is 9.54. The number of rotatable bonds is 7. The highest BCUT2D eigenvalue weighted by Gasteiger charge is 2.68. The number of Topliss-reactive ketones (excluding diaryl/α,β-unsaturated/α-hetero) is 2. The van der Waals surface area contributed by atoms with Gasteiger partial charge < -0.3 is 41.9 Å². The number of nitrogens with two attached hydrogens (primary N) is 1. The van der Waals surface area contributed by atoms with Crippen LogP contribution >= 0.6 is 0 Å². The Morgan fingerprint density at radius 3 is 2.38 bits per heavy atom. The fraction of sp³-hybridized carbons (Fsp3) is 0.517. The summed E-state index contributed by atoms with van der Waals surface area (Å²) in [6, 6.07) is 1.56. The number of primary amides is 1. The van der Waals surface area contributed by atoms with Gasteiger partial charge in [-0.3, -0.25) is 24.1 Å². The predicted molar refractivity (Wildman–Crippen MR) is 149 cm³/mol. The number of likely N-dealkylation sites (N-methyl/N-ethyl adjacent to an activating group) is 1. The SMILES string of the molecule is CC1c2ccc(NC(=O)CNCC3CCC3)c(O)c2C(O)=C2C(=O)C3(O)C(O)=C(C(N)=O)C(=O)[C@@H](N(C)C)C3C(O)C21. The molecule has 9 N–H and O–H groups in total. The standard InChI is InChI=1S/C29H36N4O9/c1-11-13-7-8-14(32-15(34)10-31-9-12-5-4-6-12)22(35)17(13)23(36)18-16(11)24(37)20-21(33(2)3)25(38)19(28(30)41)27(40)29(20,42)26(18)39/h7-8,11-12,16,20-21,24,31,35-37,40,42H,4-6,9-10H2,1-3H3,(H2,30,41)(H,32,34)/t11?,16?,20?,21-,24?,29?/m0/s1. The van der Waals surface area contributed by atoms with Crippen LogP contribution in [0.4, 0.5) is 5.69 Å². The number of carbonyl (C=O) groups excluding carboxylic acids is 4. The van der Waals surface area contributed by atoms with Crippen molar-refractivity contribution < 1.29 is 44.7 Å². The van der Waals surface area contributed by atoms with Gasteiger partial charge in [0.25, 0.3) is 5.91 Å². The Morgan fingerprint density at radius 1 is 1.14 bits per heavy atom. The van der Waals surface area contributed by atoms with Crippen LogP contribution in [0, 0.1) is 17.8 Å². The maximum atomic E-state index is 14.0. The second-order valence-corrected chi connectivity index (χ2v) is 12.0. The van der Waals surface area contributed by atoms with Crippen LogP contribution in [0.2, 0.25) is 0 Å². The van der Waals surface area contributed by atoms with Gasteiger partial charge in [-0.2, -0.15) is 0 Å². The maximum Gasteiger partial charge on any atom is 0.255 e. The van der Waals surface area contributed by atoms with Gasteiger partial charge in [-0.05, 0) is 56.9 Å². The molecule has 0 radical (unpaired) electrons. The molecule has 13 nitrogen and oxygen atoms in total. The van der Waals surface area contributed by atoms with Crippen molar-refractivity contribution in [3.63, 3.8) is 0 Å². The highest BCUT2D eigenvalue weighted by Crippen LogP contribution is 2.56. The number of anilines is 1. The van der Waals surface area contributed by atoms with E-state index in [0.29, 0.717) is 18.0 Å². The van der Waals surface area contributed by atoms with Crippen LogP contribution in [0.5, 0.6) is 5.75 Å². The molecule has 2 saturated carbocycles. The Labute approximate surface area is 241 Å². The normalized spacial score (nSPS) is 31.0. The summed E-state index contributed by atoms with van der Waals surface area (Å²) in [5.74, 6) is -9.62. The van der Waals surface area contributed by atoms with Crippen molar-refractivity contribution in [3.8, 4) is 5.75 Å². The van der Waals surface area contributed by atoms with Gasteiger partial charge >= 0.3 is 0 Å². The molecule has 5 rings (SSSR count). The number of phenolic OH excluding ortho intramolecular Hbond substituents is 1. The number of nitrogens with zero attached hydrogens (tertiary/aromatic N) is 1. The van der Waals surface area contributed by atoms with Crippen molar-refractivity contribution in [2.45, 2.75) is 49.9 Å². The minimum Gasteiger partial charge on any atom is -0.508 e. The van der Waals surface area contributed by atoms with Crippen molar-refractivity contribution >= 4 is 34.8 Å². The molecule has 4 aliphatic rings. The van der Waals surface area contributed by atoms with Crippen molar-refractivity contribution in [1.82, 2.24) is 10.2 Å². The average Bonchev–Trinajstić information content (AvgIpc) is 2.88. The molecule has 0 saturated heterocycles. The lowest BCUT2D eigenvalue weighted by Crippen LogP contribution is -2.70. The Balaban J connectivity index is 1.57. The van der Waals surface area contributed by atoms with E-state index in [9.17, 15) is 44.7 Å². The summed E-state index contributed by atoms with van der Waals surface area (Å²) in [6.07, 6.45) is 1.72. The number of benzene rings is 1. The number of aliphatic hydroxyl groups is 4. The highest BCUT2D eigenvalue weighted by molar-refractivity contribution is 6.24. The Bertz CT molecular complexity index is 1450. The molecule has 0 heterocycles. The zero-order valence-corrected chi connectivity index (χ0v) is 23.5. The summed E-state index contributed by atoms with van der Waals surface area (Å²) in [6.45, 7) is 2.33. The average molecular weight is 585 g/mol. The predicted octanol–water partition coefficient (Wildman–Crippen LogP) is -0.176. The third-order valence-corrected chi connectivity index (χ3v) is 9.35. The zero-order valence-electron chi connectivity index (χ0n) is 23.5. The fourth-order valence-corrected chi connectivity index (χ4v) is 7.00. The van der Waals surface area contributed by atoms with Crippen LogP contribution in [0.15, 0.2) is 29.0 Å². The highest BCUT2D eigenvalue weighted by atomic mass is 16.4. The summed E-state index contributed by atoms with van der Waals surface area (Å²) in [5.41, 5.74) is 0.997. The smallest absolute Gasteiger partial charge is 0.255 e. The van der Waals surface area contributed by atoms with Gasteiger partial charge in [0.2, 0.25) is 11.7 Å². The molecule has 4 aliphatic carbocycles. The first-order chi connectivity index (χ1) is 19.7. The van der Waals surface area contributed by atoms with E-state index in [1.54, 1.807) is 13.0 Å². The van der Waals surface area contributed by atoms with E-state index in [1.165, 1.54) is 31.5 Å². The van der Waals surface area contributed by atoms with Gasteiger partial charge in [-0.15, -0.1) is 0 Å². The minimum absolute atomic E-state index is 0.00274. The van der Waals surface area contributed by atoms with Crippen molar-refractivity contribution in [2.75, 3.05) is 32.5 Å². The second kappa shape index (κ2) is 10.5. The summed E-state index contributed by atoms with van der Waals surface area (Å²) in [5, 5.41) is 62.6. The molecule has 2 fully saturated rings. The van der Waals surface area contributed by atoms with Crippen LogP contribution in [0.25, 0.3) is 5.76 Å². The van der Waals surface area contributed by atoms with Gasteiger partial charge in [-0.1, -0.05) is 19.4 Å². The number of amides is 2. The van der Waals surface area contributed by atoms with Gasteiger partial charge in [0.15, 0.2) is 11.4 Å².